The molecule has 0 aliphatic heterocycles. The first kappa shape index (κ1) is 29.2. The molecule has 1 rings (SSSR count). The molecular formula is C23H40O7P2. The van der Waals surface area contributed by atoms with E-state index in [1.807, 2.05) is 0 Å². The van der Waals surface area contributed by atoms with Gasteiger partial charge >= 0.3 is 16.3 Å². The van der Waals surface area contributed by atoms with Crippen LogP contribution in [-0.4, -0.2) is 24.9 Å². The molecular weight excluding hydrogens is 450 g/mol. The van der Waals surface area contributed by atoms with E-state index in [4.69, 9.17) is 18.3 Å². The standard InChI is InChI=1S/C23H40O7P2/c1-6-29-32(26,30-7-2)17-22-13-20(15-24)21(16-28-31-25)14-23(22)27-12-11-19(5)10-8-9-18(3)4/h13-14,18-19,24H,6-12,15-17H2,1-5H3. The first-order valence-corrected chi connectivity index (χ1v) is 13.9. The topological polar surface area (TPSA) is 91.3 Å². The quantitative estimate of drug-likeness (QED) is 0.224. The molecule has 0 aliphatic carbocycles. The van der Waals surface area contributed by atoms with E-state index in [0.717, 1.165) is 12.8 Å². The molecule has 1 aromatic carbocycles. The SMILES string of the molecule is CCOP(=O)(Cc1cc(CO)c(COP=O)cc1OCCC(C)CCCC(C)C)OCC. The second-order valence-electron chi connectivity index (χ2n) is 8.41. The van der Waals surface area contributed by atoms with Gasteiger partial charge in [0.1, 0.15) is 5.75 Å². The Morgan fingerprint density at radius 3 is 2.25 bits per heavy atom. The maximum absolute atomic E-state index is 13.1. The lowest BCUT2D eigenvalue weighted by molar-refractivity contribution is 0.218. The van der Waals surface area contributed by atoms with Crippen LogP contribution >= 0.6 is 16.3 Å². The smallest absolute Gasteiger partial charge is 0.335 e. The van der Waals surface area contributed by atoms with Crippen molar-refractivity contribution in [2.75, 3.05) is 19.8 Å². The molecule has 0 saturated heterocycles. The summed E-state index contributed by atoms with van der Waals surface area (Å²) in [5.41, 5.74) is 1.91. The van der Waals surface area contributed by atoms with Crippen molar-refractivity contribution in [2.24, 2.45) is 11.8 Å². The molecule has 1 N–H and O–H groups in total. The number of aliphatic hydroxyl groups excluding tert-OH is 1. The number of ether oxygens (including phenoxy) is 1. The maximum Gasteiger partial charge on any atom is 0.335 e. The molecule has 0 bridgehead atoms. The molecule has 0 spiro atoms. The molecule has 1 atom stereocenters. The molecule has 1 unspecified atom stereocenters. The van der Waals surface area contributed by atoms with Gasteiger partial charge in [-0.1, -0.05) is 40.0 Å². The molecule has 184 valence electrons. The third-order valence-corrected chi connectivity index (χ3v) is 7.45. The lowest BCUT2D eigenvalue weighted by Crippen LogP contribution is -2.09. The Kier molecular flexibility index (Phi) is 14.5. The van der Waals surface area contributed by atoms with Crippen molar-refractivity contribution in [3.63, 3.8) is 0 Å². The minimum Gasteiger partial charge on any atom is -0.493 e. The largest absolute Gasteiger partial charge is 0.493 e. The summed E-state index contributed by atoms with van der Waals surface area (Å²) in [5, 5.41) is 9.80. The molecule has 0 aliphatic rings. The Hall–Kier alpha value is -0.810. The number of aliphatic hydroxyl groups is 1. The lowest BCUT2D eigenvalue weighted by atomic mass is 9.97. The van der Waals surface area contributed by atoms with Gasteiger partial charge in [-0.05, 0) is 55.4 Å². The van der Waals surface area contributed by atoms with E-state index in [9.17, 15) is 14.2 Å². The average molecular weight is 491 g/mol. The van der Waals surface area contributed by atoms with Crippen molar-refractivity contribution in [1.29, 1.82) is 0 Å². The fourth-order valence-electron chi connectivity index (χ4n) is 3.47. The van der Waals surface area contributed by atoms with Crippen LogP contribution in [0.1, 0.15) is 77.0 Å². The van der Waals surface area contributed by atoms with Crippen LogP contribution in [0.25, 0.3) is 0 Å². The van der Waals surface area contributed by atoms with Crippen LogP contribution in [0.15, 0.2) is 12.1 Å². The van der Waals surface area contributed by atoms with E-state index >= 15 is 0 Å². The summed E-state index contributed by atoms with van der Waals surface area (Å²) < 4.78 is 45.9. The molecule has 1 aromatic rings. The zero-order valence-electron chi connectivity index (χ0n) is 20.2. The van der Waals surface area contributed by atoms with E-state index in [-0.39, 0.29) is 32.6 Å². The van der Waals surface area contributed by atoms with Crippen LogP contribution in [0.5, 0.6) is 5.75 Å². The summed E-state index contributed by atoms with van der Waals surface area (Å²) in [6.07, 6.45) is 4.53. The van der Waals surface area contributed by atoms with Gasteiger partial charge in [-0.25, -0.2) is 4.57 Å². The summed E-state index contributed by atoms with van der Waals surface area (Å²) >= 11 is 0. The molecule has 0 amide bonds. The van der Waals surface area contributed by atoms with Crippen molar-refractivity contribution in [1.82, 2.24) is 0 Å². The second kappa shape index (κ2) is 15.9. The fourth-order valence-corrected chi connectivity index (χ4v) is 5.37. The highest BCUT2D eigenvalue weighted by molar-refractivity contribution is 7.53. The number of hydrogen-bond donors (Lipinski definition) is 1. The minimum absolute atomic E-state index is 0.0435. The van der Waals surface area contributed by atoms with Crippen LogP contribution < -0.4 is 4.74 Å². The minimum atomic E-state index is -3.35. The van der Waals surface area contributed by atoms with E-state index in [2.05, 4.69) is 20.8 Å². The van der Waals surface area contributed by atoms with Gasteiger partial charge in [0.2, 0.25) is 0 Å². The van der Waals surface area contributed by atoms with Crippen molar-refractivity contribution >= 4 is 16.3 Å². The van der Waals surface area contributed by atoms with Gasteiger partial charge in [0.15, 0.2) is 0 Å². The molecule has 0 radical (unpaired) electrons. The highest BCUT2D eigenvalue weighted by Crippen LogP contribution is 2.52. The van der Waals surface area contributed by atoms with Gasteiger partial charge in [-0.15, -0.1) is 0 Å². The van der Waals surface area contributed by atoms with Gasteiger partial charge in [-0.2, -0.15) is 0 Å². The van der Waals surface area contributed by atoms with Crippen LogP contribution in [0, 0.1) is 11.8 Å². The second-order valence-corrected chi connectivity index (χ2v) is 10.9. The summed E-state index contributed by atoms with van der Waals surface area (Å²) in [6, 6.07) is 3.50. The molecule has 32 heavy (non-hydrogen) atoms. The summed E-state index contributed by atoms with van der Waals surface area (Å²) in [7, 11) is -3.79. The van der Waals surface area contributed by atoms with Crippen molar-refractivity contribution < 1.29 is 32.5 Å². The average Bonchev–Trinajstić information content (AvgIpc) is 2.73. The zero-order valence-corrected chi connectivity index (χ0v) is 22.0. The van der Waals surface area contributed by atoms with Crippen molar-refractivity contribution in [3.05, 3.63) is 28.8 Å². The van der Waals surface area contributed by atoms with Gasteiger partial charge in [0.05, 0.1) is 39.2 Å². The Morgan fingerprint density at radius 1 is 1.00 bits per heavy atom. The van der Waals surface area contributed by atoms with E-state index in [0.29, 0.717) is 40.9 Å². The molecule has 0 aromatic heterocycles. The summed E-state index contributed by atoms with van der Waals surface area (Å²) in [4.78, 5) is 0. The number of benzene rings is 1. The highest BCUT2D eigenvalue weighted by Gasteiger charge is 2.27. The molecule has 0 saturated carbocycles. The molecule has 9 heteroatoms. The predicted octanol–water partition coefficient (Wildman–Crippen LogP) is 6.90. The highest BCUT2D eigenvalue weighted by atomic mass is 31.2. The van der Waals surface area contributed by atoms with Crippen LogP contribution in [0.3, 0.4) is 0 Å². The first-order valence-electron chi connectivity index (χ1n) is 11.5. The van der Waals surface area contributed by atoms with Crippen LogP contribution in [0.4, 0.5) is 0 Å². The third kappa shape index (κ3) is 10.9. The maximum atomic E-state index is 13.1. The monoisotopic (exact) mass is 490 g/mol. The van der Waals surface area contributed by atoms with Crippen LogP contribution in [0.2, 0.25) is 0 Å². The lowest BCUT2D eigenvalue weighted by Gasteiger charge is -2.21. The normalized spacial score (nSPS) is 13.1. The molecule has 0 heterocycles. The van der Waals surface area contributed by atoms with Crippen molar-refractivity contribution in [3.8, 4) is 5.75 Å². The first-order chi connectivity index (χ1) is 15.3. The summed E-state index contributed by atoms with van der Waals surface area (Å²) in [6.45, 7) is 11.1. The predicted molar refractivity (Wildman–Crippen MR) is 127 cm³/mol. The van der Waals surface area contributed by atoms with Gasteiger partial charge in [0.25, 0.3) is 0 Å². The van der Waals surface area contributed by atoms with Gasteiger partial charge in [0, 0.05) is 5.56 Å². The van der Waals surface area contributed by atoms with Gasteiger partial charge in [-0.3, -0.25) is 9.09 Å². The third-order valence-electron chi connectivity index (χ3n) is 5.19. The van der Waals surface area contributed by atoms with E-state index < -0.39 is 16.3 Å². The Labute approximate surface area is 195 Å². The summed E-state index contributed by atoms with van der Waals surface area (Å²) in [5.74, 6) is 1.80. The Morgan fingerprint density at radius 2 is 1.69 bits per heavy atom. The molecule has 7 nitrogen and oxygen atoms in total. The number of rotatable bonds is 18. The van der Waals surface area contributed by atoms with E-state index in [1.165, 1.54) is 12.8 Å². The fraction of sp³-hybridized carbons (Fsp3) is 0.739. The van der Waals surface area contributed by atoms with Gasteiger partial charge < -0.3 is 18.9 Å². The van der Waals surface area contributed by atoms with Crippen molar-refractivity contribution in [2.45, 2.75) is 79.7 Å². The molecule has 0 fully saturated rings. The Bertz CT molecular complexity index is 715. The van der Waals surface area contributed by atoms with Crippen LogP contribution in [-0.2, 0) is 42.1 Å². The van der Waals surface area contributed by atoms with E-state index in [1.54, 1.807) is 26.0 Å². The zero-order chi connectivity index (χ0) is 24.0. The Balaban J connectivity index is 3.02. The number of hydrogen-bond acceptors (Lipinski definition) is 7.